The van der Waals surface area contributed by atoms with Gasteiger partial charge in [-0.05, 0) is 6.42 Å². The third kappa shape index (κ3) is 2.43. The van der Waals surface area contributed by atoms with E-state index in [2.05, 4.69) is 15.9 Å². The quantitative estimate of drug-likeness (QED) is 0.759. The molecule has 0 aliphatic carbocycles. The van der Waals surface area contributed by atoms with Crippen LogP contribution in [0, 0.1) is 0 Å². The minimum atomic E-state index is -3.16. The number of sulfonamides is 1. The Kier molecular flexibility index (Phi) is 3.38. The molecule has 0 radical (unpaired) electrons. The van der Waals surface area contributed by atoms with Crippen molar-refractivity contribution < 1.29 is 13.5 Å². The lowest BCUT2D eigenvalue weighted by Crippen LogP contribution is -2.63. The second-order valence-electron chi connectivity index (χ2n) is 3.46. The van der Waals surface area contributed by atoms with E-state index in [1.54, 1.807) is 0 Å². The summed E-state index contributed by atoms with van der Waals surface area (Å²) in [5.74, 6) is 0. The van der Waals surface area contributed by atoms with Gasteiger partial charge in [-0.1, -0.05) is 29.3 Å². The van der Waals surface area contributed by atoms with Crippen LogP contribution in [0.5, 0.6) is 0 Å². The molecule has 0 bridgehead atoms. The number of alkyl halides is 1. The molecule has 13 heavy (non-hydrogen) atoms. The second kappa shape index (κ2) is 3.84. The summed E-state index contributed by atoms with van der Waals surface area (Å²) in [5, 5.41) is 9.72. The van der Waals surface area contributed by atoms with Crippen LogP contribution in [0.25, 0.3) is 0 Å². The minimum absolute atomic E-state index is 0.0673. The molecule has 0 spiro atoms. The number of nitrogens with zero attached hydrogens (tertiary/aromatic N) is 1. The molecule has 6 heteroatoms. The molecule has 1 rings (SSSR count). The minimum Gasteiger partial charge on any atom is -0.387 e. The van der Waals surface area contributed by atoms with Crippen LogP contribution in [0.2, 0.25) is 0 Å². The Labute approximate surface area is 87.1 Å². The Morgan fingerprint density at radius 3 is 2.46 bits per heavy atom. The van der Waals surface area contributed by atoms with E-state index in [0.29, 0.717) is 6.42 Å². The highest BCUT2D eigenvalue weighted by atomic mass is 79.9. The third-order valence-corrected chi connectivity index (χ3v) is 5.24. The first-order valence-corrected chi connectivity index (χ1v) is 6.93. The Morgan fingerprint density at radius 2 is 2.08 bits per heavy atom. The smallest absolute Gasteiger partial charge is 0.224 e. The van der Waals surface area contributed by atoms with Gasteiger partial charge in [0.1, 0.15) is 4.66 Å². The van der Waals surface area contributed by atoms with Crippen molar-refractivity contribution in [3.05, 3.63) is 0 Å². The van der Waals surface area contributed by atoms with E-state index in [-0.39, 0.29) is 17.8 Å². The molecule has 0 saturated carbocycles. The fourth-order valence-electron chi connectivity index (χ4n) is 1.50. The predicted molar refractivity (Wildman–Crippen MR) is 54.1 cm³/mol. The normalized spacial score (nSPS) is 22.7. The Morgan fingerprint density at radius 1 is 1.54 bits per heavy atom. The van der Waals surface area contributed by atoms with Gasteiger partial charge >= 0.3 is 0 Å². The van der Waals surface area contributed by atoms with E-state index in [1.807, 2.05) is 6.92 Å². The lowest BCUT2D eigenvalue weighted by atomic mass is 9.92. The summed E-state index contributed by atoms with van der Waals surface area (Å²) in [6.45, 7) is 2.46. The Balaban J connectivity index is 2.50. The zero-order chi connectivity index (χ0) is 10.1. The van der Waals surface area contributed by atoms with Crippen molar-refractivity contribution in [3.8, 4) is 0 Å². The van der Waals surface area contributed by atoms with Gasteiger partial charge in [0, 0.05) is 13.1 Å². The molecular weight excluding hydrogens is 258 g/mol. The van der Waals surface area contributed by atoms with Gasteiger partial charge in [-0.2, -0.15) is 4.31 Å². The first kappa shape index (κ1) is 11.4. The van der Waals surface area contributed by atoms with Gasteiger partial charge in [-0.3, -0.25) is 0 Å². The number of hydrogen-bond donors (Lipinski definition) is 1. The van der Waals surface area contributed by atoms with Crippen molar-refractivity contribution in [2.75, 3.05) is 17.8 Å². The second-order valence-corrected chi connectivity index (χ2v) is 6.74. The van der Waals surface area contributed by atoms with Crippen molar-refractivity contribution in [1.29, 1.82) is 0 Å². The zero-order valence-corrected chi connectivity index (χ0v) is 9.94. The maximum Gasteiger partial charge on any atom is 0.224 e. The van der Waals surface area contributed by atoms with Crippen LogP contribution in [-0.2, 0) is 10.0 Å². The molecule has 4 nitrogen and oxygen atoms in total. The summed E-state index contributed by atoms with van der Waals surface area (Å²) >= 11 is 2.91. The summed E-state index contributed by atoms with van der Waals surface area (Å²) in [7, 11) is -3.16. The largest absolute Gasteiger partial charge is 0.387 e. The summed E-state index contributed by atoms with van der Waals surface area (Å²) in [6.07, 6.45) is 1.54. The molecule has 78 valence electrons. The molecule has 1 fully saturated rings. The van der Waals surface area contributed by atoms with E-state index in [1.165, 1.54) is 4.31 Å². The summed E-state index contributed by atoms with van der Waals surface area (Å²) < 4.78 is 23.7. The van der Waals surface area contributed by atoms with Gasteiger partial charge < -0.3 is 5.11 Å². The SMILES string of the molecule is CCCC1(O)CN(S(=O)(=O)CBr)C1. The van der Waals surface area contributed by atoms with Crippen molar-refractivity contribution in [1.82, 2.24) is 4.31 Å². The molecule has 1 N–H and O–H groups in total. The van der Waals surface area contributed by atoms with Crippen LogP contribution >= 0.6 is 15.9 Å². The fraction of sp³-hybridized carbons (Fsp3) is 1.00. The van der Waals surface area contributed by atoms with Crippen LogP contribution in [0.1, 0.15) is 19.8 Å². The Bertz CT molecular complexity index is 271. The molecule has 1 saturated heterocycles. The van der Waals surface area contributed by atoms with E-state index < -0.39 is 15.6 Å². The number of aliphatic hydroxyl groups is 1. The number of rotatable bonds is 4. The van der Waals surface area contributed by atoms with Crippen LogP contribution in [0.15, 0.2) is 0 Å². The predicted octanol–water partition coefficient (Wildman–Crippen LogP) is 0.515. The Hall–Kier alpha value is 0.350. The van der Waals surface area contributed by atoms with Crippen LogP contribution < -0.4 is 0 Å². The maximum absolute atomic E-state index is 11.2. The highest BCUT2D eigenvalue weighted by molar-refractivity contribution is 9.10. The number of β-amino-alcohol motifs (C(OH)–C–C–N with tert-alkyl or cyclic N) is 1. The van der Waals surface area contributed by atoms with E-state index >= 15 is 0 Å². The molecule has 0 atom stereocenters. The van der Waals surface area contributed by atoms with Crippen molar-refractivity contribution in [3.63, 3.8) is 0 Å². The van der Waals surface area contributed by atoms with Gasteiger partial charge in [0.2, 0.25) is 10.0 Å². The van der Waals surface area contributed by atoms with Gasteiger partial charge in [-0.15, -0.1) is 0 Å². The van der Waals surface area contributed by atoms with Gasteiger partial charge in [0.15, 0.2) is 0 Å². The van der Waals surface area contributed by atoms with Crippen molar-refractivity contribution in [2.24, 2.45) is 0 Å². The maximum atomic E-state index is 11.2. The number of hydrogen-bond acceptors (Lipinski definition) is 3. The highest BCUT2D eigenvalue weighted by Crippen LogP contribution is 2.28. The van der Waals surface area contributed by atoms with Gasteiger partial charge in [-0.25, -0.2) is 8.42 Å². The topological polar surface area (TPSA) is 57.6 Å². The molecule has 0 aromatic carbocycles. The van der Waals surface area contributed by atoms with Crippen LogP contribution in [-0.4, -0.2) is 41.2 Å². The average molecular weight is 272 g/mol. The molecule has 1 heterocycles. The molecule has 0 unspecified atom stereocenters. The van der Waals surface area contributed by atoms with Crippen molar-refractivity contribution in [2.45, 2.75) is 25.4 Å². The highest BCUT2D eigenvalue weighted by Gasteiger charge is 2.45. The molecule has 0 amide bonds. The van der Waals surface area contributed by atoms with Crippen molar-refractivity contribution >= 4 is 26.0 Å². The lowest BCUT2D eigenvalue weighted by molar-refractivity contribution is -0.0651. The van der Waals surface area contributed by atoms with Crippen LogP contribution in [0.3, 0.4) is 0 Å². The first-order valence-electron chi connectivity index (χ1n) is 4.20. The molecular formula is C7H14BrNO3S. The zero-order valence-electron chi connectivity index (χ0n) is 7.53. The van der Waals surface area contributed by atoms with Crippen LogP contribution in [0.4, 0.5) is 0 Å². The molecule has 0 aromatic heterocycles. The van der Waals surface area contributed by atoms with E-state index in [4.69, 9.17) is 0 Å². The molecule has 1 aliphatic rings. The van der Waals surface area contributed by atoms with E-state index in [0.717, 1.165) is 6.42 Å². The average Bonchev–Trinajstić information content (AvgIpc) is 2.00. The first-order chi connectivity index (χ1) is 5.93. The number of halogens is 1. The summed E-state index contributed by atoms with van der Waals surface area (Å²) in [6, 6.07) is 0. The summed E-state index contributed by atoms with van der Waals surface area (Å²) in [5.41, 5.74) is -0.774. The van der Waals surface area contributed by atoms with E-state index in [9.17, 15) is 13.5 Å². The fourth-order valence-corrected chi connectivity index (χ4v) is 3.38. The van der Waals surface area contributed by atoms with Gasteiger partial charge in [0.05, 0.1) is 5.60 Å². The lowest BCUT2D eigenvalue weighted by Gasteiger charge is -2.45. The van der Waals surface area contributed by atoms with Gasteiger partial charge in [0.25, 0.3) is 0 Å². The molecule has 1 aliphatic heterocycles. The standard InChI is InChI=1S/C7H14BrNO3S/c1-2-3-7(10)4-9(5-7)13(11,12)6-8/h10H,2-6H2,1H3. The summed E-state index contributed by atoms with van der Waals surface area (Å²) in [4.78, 5) is 0. The monoisotopic (exact) mass is 271 g/mol. The molecule has 0 aromatic rings. The third-order valence-electron chi connectivity index (χ3n) is 2.19.